The number of hydrogen-bond acceptors (Lipinski definition) is 4. The highest BCUT2D eigenvalue weighted by Gasteiger charge is 2.28. The Labute approximate surface area is 98.8 Å². The van der Waals surface area contributed by atoms with Gasteiger partial charge in [-0.1, -0.05) is 13.8 Å². The molecule has 0 fully saturated rings. The van der Waals surface area contributed by atoms with Crippen LogP contribution < -0.4 is 5.11 Å². The van der Waals surface area contributed by atoms with Crippen molar-refractivity contribution in [1.29, 1.82) is 0 Å². The molecule has 0 bridgehead atoms. The van der Waals surface area contributed by atoms with E-state index < -0.39 is 12.1 Å². The lowest BCUT2D eigenvalue weighted by Crippen LogP contribution is -2.55. The van der Waals surface area contributed by atoms with Crippen molar-refractivity contribution in [3.63, 3.8) is 0 Å². The van der Waals surface area contributed by atoms with Crippen molar-refractivity contribution in [3.05, 3.63) is 0 Å². The number of carbonyl (C=O) groups excluding carboxylic acids is 2. The summed E-state index contributed by atoms with van der Waals surface area (Å²) in [6.07, 6.45) is -1.46. The largest absolute Gasteiger partial charge is 0.546 e. The second kappa shape index (κ2) is 6.15. The molecular weight excluding hydrogens is 243 g/mol. The third-order valence-electron chi connectivity index (χ3n) is 1.81. The molecule has 1 atom stereocenters. The summed E-state index contributed by atoms with van der Waals surface area (Å²) in [5, 5.41) is 10.8. The fourth-order valence-electron chi connectivity index (χ4n) is 1.09. The van der Waals surface area contributed by atoms with Crippen LogP contribution in [0.25, 0.3) is 0 Å². The molecule has 0 N–H and O–H groups in total. The number of hydrogen-bond donors (Lipinski definition) is 0. The quantitative estimate of drug-likeness (QED) is 0.520. The van der Waals surface area contributed by atoms with Crippen molar-refractivity contribution in [2.45, 2.75) is 26.9 Å². The first kappa shape index (κ1) is 14.5. The molecule has 15 heavy (non-hydrogen) atoms. The number of carboxylic acid groups (broad SMARTS) is 1. The SMILES string of the molecule is CCN(C(=O)C(C)C)C(C(=O)[O-])N(Cl)Cl. The topological polar surface area (TPSA) is 63.7 Å². The maximum Gasteiger partial charge on any atom is 0.226 e. The lowest BCUT2D eigenvalue weighted by molar-refractivity contribution is -0.313. The van der Waals surface area contributed by atoms with E-state index in [1.54, 1.807) is 20.8 Å². The summed E-state index contributed by atoms with van der Waals surface area (Å²) in [7, 11) is 0. The van der Waals surface area contributed by atoms with Crippen LogP contribution in [0.4, 0.5) is 0 Å². The van der Waals surface area contributed by atoms with Crippen molar-refractivity contribution in [2.75, 3.05) is 6.54 Å². The highest BCUT2D eigenvalue weighted by atomic mass is 35.5. The molecule has 0 aliphatic carbocycles. The minimum absolute atomic E-state index is 0.186. The summed E-state index contributed by atoms with van der Waals surface area (Å²) in [6.45, 7) is 5.13. The van der Waals surface area contributed by atoms with Crippen LogP contribution in [-0.2, 0) is 9.59 Å². The fraction of sp³-hybridized carbons (Fsp3) is 0.750. The summed E-state index contributed by atoms with van der Waals surface area (Å²) in [6, 6.07) is 0. The molecule has 1 amide bonds. The molecule has 0 aromatic carbocycles. The molecule has 0 saturated carbocycles. The maximum atomic E-state index is 11.6. The summed E-state index contributed by atoms with van der Waals surface area (Å²) in [5.41, 5.74) is 0. The zero-order valence-corrected chi connectivity index (χ0v) is 10.2. The van der Waals surface area contributed by atoms with Crippen LogP contribution in [0.3, 0.4) is 0 Å². The minimum atomic E-state index is -1.52. The summed E-state index contributed by atoms with van der Waals surface area (Å²) >= 11 is 10.7. The average molecular weight is 256 g/mol. The van der Waals surface area contributed by atoms with Crippen LogP contribution in [0.2, 0.25) is 0 Å². The Bertz CT molecular complexity index is 246. The number of rotatable bonds is 5. The van der Waals surface area contributed by atoms with E-state index in [2.05, 4.69) is 0 Å². The Kier molecular flexibility index (Phi) is 5.93. The van der Waals surface area contributed by atoms with Gasteiger partial charge in [0, 0.05) is 12.5 Å². The lowest BCUT2D eigenvalue weighted by atomic mass is 10.2. The van der Waals surface area contributed by atoms with E-state index in [9.17, 15) is 14.7 Å². The van der Waals surface area contributed by atoms with Gasteiger partial charge in [-0.05, 0) is 30.5 Å². The molecule has 1 unspecified atom stereocenters. The standard InChI is InChI=1S/C8H14Cl2N2O3/c1-4-11(7(13)5(2)3)6(8(14)15)12(9)10/h5-6H,4H2,1-3H3,(H,14,15)/p-1. The molecule has 0 aromatic heterocycles. The molecule has 0 aliphatic rings. The van der Waals surface area contributed by atoms with Crippen LogP contribution in [0.1, 0.15) is 20.8 Å². The molecule has 0 saturated heterocycles. The number of halogens is 2. The molecule has 7 heteroatoms. The highest BCUT2D eigenvalue weighted by Crippen LogP contribution is 2.14. The number of aliphatic carboxylic acids is 1. The Hall–Kier alpha value is -0.520. The first-order valence-electron chi connectivity index (χ1n) is 4.45. The Morgan fingerprint density at radius 1 is 1.33 bits per heavy atom. The summed E-state index contributed by atoms with van der Waals surface area (Å²) in [5.74, 6) is -2.20. The van der Waals surface area contributed by atoms with Gasteiger partial charge in [-0.2, -0.15) is 0 Å². The van der Waals surface area contributed by atoms with Gasteiger partial charge in [-0.15, -0.1) is 3.94 Å². The Morgan fingerprint density at radius 3 is 2.00 bits per heavy atom. The Balaban J connectivity index is 4.90. The first-order chi connectivity index (χ1) is 6.82. The number of amides is 1. The zero-order chi connectivity index (χ0) is 12.2. The molecule has 5 nitrogen and oxygen atoms in total. The summed E-state index contributed by atoms with van der Waals surface area (Å²) < 4.78 is 0.402. The van der Waals surface area contributed by atoms with E-state index >= 15 is 0 Å². The van der Waals surface area contributed by atoms with Crippen LogP contribution in [0.15, 0.2) is 0 Å². The smallest absolute Gasteiger partial charge is 0.226 e. The maximum absolute atomic E-state index is 11.6. The van der Waals surface area contributed by atoms with Gasteiger partial charge in [0.2, 0.25) is 5.91 Å². The molecule has 0 spiro atoms. The van der Waals surface area contributed by atoms with E-state index in [-0.39, 0.29) is 18.4 Å². The van der Waals surface area contributed by atoms with Gasteiger partial charge in [0.15, 0.2) is 6.17 Å². The molecule has 0 rings (SSSR count). The van der Waals surface area contributed by atoms with Crippen LogP contribution in [0, 0.1) is 5.92 Å². The van der Waals surface area contributed by atoms with E-state index in [4.69, 9.17) is 23.6 Å². The number of carbonyl (C=O) groups is 2. The number of likely N-dealkylation sites (N-methyl/N-ethyl adjacent to an activating group) is 1. The van der Waals surface area contributed by atoms with Crippen molar-refractivity contribution in [2.24, 2.45) is 5.92 Å². The molecule has 88 valence electrons. The minimum Gasteiger partial charge on any atom is -0.546 e. The number of nitrogens with zero attached hydrogens (tertiary/aromatic N) is 2. The third-order valence-corrected chi connectivity index (χ3v) is 2.18. The first-order valence-corrected chi connectivity index (χ1v) is 5.12. The zero-order valence-electron chi connectivity index (χ0n) is 8.74. The highest BCUT2D eigenvalue weighted by molar-refractivity contribution is 6.34. The van der Waals surface area contributed by atoms with E-state index in [0.29, 0.717) is 3.94 Å². The van der Waals surface area contributed by atoms with Gasteiger partial charge in [-0.25, -0.2) is 0 Å². The second-order valence-electron chi connectivity index (χ2n) is 3.23. The molecule has 0 aromatic rings. The lowest BCUT2D eigenvalue weighted by Gasteiger charge is -2.33. The van der Waals surface area contributed by atoms with Crippen LogP contribution >= 0.6 is 23.6 Å². The van der Waals surface area contributed by atoms with Gasteiger partial charge in [0.25, 0.3) is 0 Å². The summed E-state index contributed by atoms with van der Waals surface area (Å²) in [4.78, 5) is 23.4. The third kappa shape index (κ3) is 3.85. The van der Waals surface area contributed by atoms with E-state index in [1.165, 1.54) is 0 Å². The normalized spacial score (nSPS) is 13.0. The molecule has 0 radical (unpaired) electrons. The van der Waals surface area contributed by atoms with Crippen molar-refractivity contribution in [3.8, 4) is 0 Å². The van der Waals surface area contributed by atoms with E-state index in [1.807, 2.05) is 0 Å². The second-order valence-corrected chi connectivity index (χ2v) is 4.13. The molecular formula is C8H13Cl2N2O3-. The van der Waals surface area contributed by atoms with Gasteiger partial charge in [-0.3, -0.25) is 4.79 Å². The molecule has 0 heterocycles. The van der Waals surface area contributed by atoms with Gasteiger partial charge < -0.3 is 14.8 Å². The van der Waals surface area contributed by atoms with Crippen molar-refractivity contribution in [1.82, 2.24) is 8.84 Å². The van der Waals surface area contributed by atoms with Gasteiger partial charge in [0.1, 0.15) is 0 Å². The predicted molar refractivity (Wildman–Crippen MR) is 54.6 cm³/mol. The molecule has 0 aliphatic heterocycles. The monoisotopic (exact) mass is 255 g/mol. The average Bonchev–Trinajstić information content (AvgIpc) is 2.10. The predicted octanol–water partition coefficient (Wildman–Crippen LogP) is 0.176. The number of carboxylic acids is 1. The van der Waals surface area contributed by atoms with Crippen LogP contribution in [0.5, 0.6) is 0 Å². The Morgan fingerprint density at radius 2 is 1.80 bits per heavy atom. The van der Waals surface area contributed by atoms with Crippen molar-refractivity contribution >= 4 is 35.4 Å². The van der Waals surface area contributed by atoms with Crippen molar-refractivity contribution < 1.29 is 14.7 Å². The van der Waals surface area contributed by atoms with E-state index in [0.717, 1.165) is 4.90 Å². The van der Waals surface area contributed by atoms with Crippen LogP contribution in [-0.4, -0.2) is 33.4 Å². The van der Waals surface area contributed by atoms with Gasteiger partial charge >= 0.3 is 0 Å². The van der Waals surface area contributed by atoms with Gasteiger partial charge in [0.05, 0.1) is 5.97 Å². The fourth-order valence-corrected chi connectivity index (χ4v) is 1.46.